The first-order chi connectivity index (χ1) is 14.2. The molecule has 0 unspecified atom stereocenters. The van der Waals surface area contributed by atoms with E-state index in [4.69, 9.17) is 4.42 Å². The van der Waals surface area contributed by atoms with Crippen molar-refractivity contribution >= 4 is 28.8 Å². The van der Waals surface area contributed by atoms with Gasteiger partial charge in [-0.3, -0.25) is 9.78 Å². The summed E-state index contributed by atoms with van der Waals surface area (Å²) in [5.41, 5.74) is 3.03. The van der Waals surface area contributed by atoms with Gasteiger partial charge in [-0.05, 0) is 30.2 Å². The third-order valence-electron chi connectivity index (χ3n) is 5.24. The molecule has 152 valence electrons. The fourth-order valence-corrected chi connectivity index (χ4v) is 4.55. The van der Waals surface area contributed by atoms with Crippen LogP contribution >= 0.6 is 11.9 Å². The van der Waals surface area contributed by atoms with E-state index in [1.165, 1.54) is 5.56 Å². The van der Waals surface area contributed by atoms with Crippen LogP contribution in [0.5, 0.6) is 0 Å². The summed E-state index contributed by atoms with van der Waals surface area (Å²) >= 11 is 1.92. The molecule has 0 bridgehead atoms. The van der Waals surface area contributed by atoms with Crippen LogP contribution in [0.15, 0.2) is 57.7 Å². The number of benzene rings is 2. The number of fused-ring (bicyclic) bond motifs is 1. The summed E-state index contributed by atoms with van der Waals surface area (Å²) < 4.78 is 7.48. The highest BCUT2D eigenvalue weighted by Gasteiger charge is 2.18. The van der Waals surface area contributed by atoms with E-state index in [-0.39, 0.29) is 5.78 Å². The SMILES string of the molecule is O=C(CCN1CCN(SCCc2ccccc2)CC1)c1ccc2[nH]c(=O)oc2c1. The normalized spacial score (nSPS) is 15.7. The molecule has 1 aliphatic heterocycles. The molecule has 0 radical (unpaired) electrons. The van der Waals surface area contributed by atoms with Gasteiger partial charge in [0.1, 0.15) is 0 Å². The molecule has 7 heteroatoms. The minimum absolute atomic E-state index is 0.0791. The predicted octanol–water partition coefficient (Wildman–Crippen LogP) is 3.20. The molecule has 1 N–H and O–H groups in total. The number of piperazine rings is 1. The van der Waals surface area contributed by atoms with Gasteiger partial charge in [0.2, 0.25) is 0 Å². The van der Waals surface area contributed by atoms with Gasteiger partial charge >= 0.3 is 5.76 Å². The predicted molar refractivity (Wildman–Crippen MR) is 116 cm³/mol. The largest absolute Gasteiger partial charge is 0.417 e. The number of carbonyl (C=O) groups is 1. The van der Waals surface area contributed by atoms with Crippen LogP contribution in [-0.2, 0) is 6.42 Å². The van der Waals surface area contributed by atoms with E-state index < -0.39 is 5.76 Å². The number of aryl methyl sites for hydroxylation is 1. The first-order valence-corrected chi connectivity index (χ1v) is 10.9. The van der Waals surface area contributed by atoms with E-state index in [0.29, 0.717) is 23.1 Å². The first kappa shape index (κ1) is 19.9. The van der Waals surface area contributed by atoms with Gasteiger partial charge in [0.05, 0.1) is 5.52 Å². The Morgan fingerprint density at radius 3 is 2.66 bits per heavy atom. The maximum absolute atomic E-state index is 12.5. The van der Waals surface area contributed by atoms with Crippen molar-refractivity contribution in [3.8, 4) is 0 Å². The molecule has 2 heterocycles. The average molecular weight is 412 g/mol. The Hall–Kier alpha value is -2.35. The lowest BCUT2D eigenvalue weighted by Crippen LogP contribution is -2.44. The molecule has 2 aromatic carbocycles. The summed E-state index contributed by atoms with van der Waals surface area (Å²) in [6.07, 6.45) is 1.56. The maximum Gasteiger partial charge on any atom is 0.417 e. The molecular formula is C22H25N3O3S. The number of Topliss-reactive ketones (excluding diaryl/α,β-unsaturated/α-hetero) is 1. The lowest BCUT2D eigenvalue weighted by molar-refractivity contribution is 0.0954. The third kappa shape index (κ3) is 5.38. The molecule has 0 aliphatic carbocycles. The van der Waals surface area contributed by atoms with Gasteiger partial charge in [-0.25, -0.2) is 9.10 Å². The summed E-state index contributed by atoms with van der Waals surface area (Å²) in [4.78, 5) is 28.7. The molecule has 0 amide bonds. The van der Waals surface area contributed by atoms with Crippen molar-refractivity contribution in [2.45, 2.75) is 12.8 Å². The number of H-pyrrole nitrogens is 1. The van der Waals surface area contributed by atoms with E-state index >= 15 is 0 Å². The van der Waals surface area contributed by atoms with Gasteiger partial charge in [-0.15, -0.1) is 0 Å². The molecule has 1 aliphatic rings. The number of nitrogens with one attached hydrogen (secondary N) is 1. The van der Waals surface area contributed by atoms with Crippen LogP contribution in [0, 0.1) is 0 Å². The van der Waals surface area contributed by atoms with E-state index in [0.717, 1.165) is 44.9 Å². The topological polar surface area (TPSA) is 69.6 Å². The summed E-state index contributed by atoms with van der Waals surface area (Å²) in [6.45, 7) is 4.77. The molecule has 3 aromatic rings. The number of carbonyl (C=O) groups excluding carboxylic acids is 1. The number of aromatic amines is 1. The average Bonchev–Trinajstić information content (AvgIpc) is 3.13. The highest BCUT2D eigenvalue weighted by Crippen LogP contribution is 2.17. The zero-order chi connectivity index (χ0) is 20.1. The summed E-state index contributed by atoms with van der Waals surface area (Å²) in [5.74, 6) is 0.680. The van der Waals surface area contributed by atoms with Crippen molar-refractivity contribution < 1.29 is 9.21 Å². The highest BCUT2D eigenvalue weighted by atomic mass is 32.2. The number of ketones is 1. The fourth-order valence-electron chi connectivity index (χ4n) is 3.54. The van der Waals surface area contributed by atoms with Gasteiger partial charge in [0.25, 0.3) is 0 Å². The molecule has 0 saturated carbocycles. The van der Waals surface area contributed by atoms with E-state index in [2.05, 4.69) is 44.5 Å². The van der Waals surface area contributed by atoms with Gasteiger partial charge in [-0.2, -0.15) is 0 Å². The number of nitrogens with zero attached hydrogens (tertiary/aromatic N) is 2. The van der Waals surface area contributed by atoms with Gasteiger partial charge < -0.3 is 9.32 Å². The van der Waals surface area contributed by atoms with Crippen LogP contribution < -0.4 is 5.76 Å². The van der Waals surface area contributed by atoms with Gasteiger partial charge in [-0.1, -0.05) is 42.3 Å². The van der Waals surface area contributed by atoms with Crippen molar-refractivity contribution in [2.24, 2.45) is 0 Å². The second-order valence-corrected chi connectivity index (χ2v) is 8.42. The van der Waals surface area contributed by atoms with Crippen molar-refractivity contribution in [3.05, 3.63) is 70.2 Å². The number of hydrogen-bond acceptors (Lipinski definition) is 6. The van der Waals surface area contributed by atoms with Crippen molar-refractivity contribution in [1.82, 2.24) is 14.2 Å². The molecular weight excluding hydrogens is 386 g/mol. The van der Waals surface area contributed by atoms with Crippen molar-refractivity contribution in [3.63, 3.8) is 0 Å². The summed E-state index contributed by atoms with van der Waals surface area (Å²) in [5, 5.41) is 0. The van der Waals surface area contributed by atoms with Crippen LogP contribution in [0.25, 0.3) is 11.1 Å². The number of aromatic nitrogens is 1. The van der Waals surface area contributed by atoms with E-state index in [1.807, 2.05) is 11.9 Å². The Morgan fingerprint density at radius 1 is 1.07 bits per heavy atom. The van der Waals surface area contributed by atoms with Crippen LogP contribution in [0.2, 0.25) is 0 Å². The number of hydrogen-bond donors (Lipinski definition) is 1. The Morgan fingerprint density at radius 2 is 1.86 bits per heavy atom. The summed E-state index contributed by atoms with van der Waals surface area (Å²) in [6, 6.07) is 15.7. The van der Waals surface area contributed by atoms with E-state index in [9.17, 15) is 9.59 Å². The zero-order valence-electron chi connectivity index (χ0n) is 16.3. The Balaban J connectivity index is 1.18. The first-order valence-electron chi connectivity index (χ1n) is 9.97. The molecule has 1 saturated heterocycles. The highest BCUT2D eigenvalue weighted by molar-refractivity contribution is 7.97. The lowest BCUT2D eigenvalue weighted by atomic mass is 10.1. The molecule has 29 heavy (non-hydrogen) atoms. The van der Waals surface area contributed by atoms with Crippen LogP contribution in [-0.4, -0.2) is 58.4 Å². The quantitative estimate of drug-likeness (QED) is 0.453. The fraction of sp³-hybridized carbons (Fsp3) is 0.364. The smallest absolute Gasteiger partial charge is 0.408 e. The molecule has 1 fully saturated rings. The van der Waals surface area contributed by atoms with Crippen molar-refractivity contribution in [2.75, 3.05) is 38.5 Å². The molecule has 1 aromatic heterocycles. The summed E-state index contributed by atoms with van der Waals surface area (Å²) in [7, 11) is 0. The Labute approximate surface area is 174 Å². The minimum Gasteiger partial charge on any atom is -0.408 e. The molecule has 0 atom stereocenters. The van der Waals surface area contributed by atoms with Crippen molar-refractivity contribution in [1.29, 1.82) is 0 Å². The Bertz CT molecular complexity index is 1010. The second-order valence-electron chi connectivity index (χ2n) is 7.24. The van der Waals surface area contributed by atoms with Gasteiger partial charge in [0.15, 0.2) is 11.4 Å². The standard InChI is InChI=1S/C22H25N3O3S/c26-20(18-6-7-19-21(16-18)28-22(27)23-19)8-10-24-11-13-25(14-12-24)29-15-9-17-4-2-1-3-5-17/h1-7,16H,8-15H2,(H,23,27). The molecule has 6 nitrogen and oxygen atoms in total. The van der Waals surface area contributed by atoms with Crippen LogP contribution in [0.1, 0.15) is 22.3 Å². The third-order valence-corrected chi connectivity index (χ3v) is 6.35. The zero-order valence-corrected chi connectivity index (χ0v) is 17.1. The monoisotopic (exact) mass is 411 g/mol. The second kappa shape index (κ2) is 9.43. The van der Waals surface area contributed by atoms with Gasteiger partial charge in [0, 0.05) is 50.5 Å². The van der Waals surface area contributed by atoms with Crippen LogP contribution in [0.4, 0.5) is 0 Å². The minimum atomic E-state index is -0.496. The van der Waals surface area contributed by atoms with Crippen LogP contribution in [0.3, 0.4) is 0 Å². The number of rotatable bonds is 8. The lowest BCUT2D eigenvalue weighted by Gasteiger charge is -2.33. The Kier molecular flexibility index (Phi) is 6.49. The number of oxazole rings is 1. The molecule has 0 spiro atoms. The maximum atomic E-state index is 12.5. The molecule has 4 rings (SSSR count). The van der Waals surface area contributed by atoms with E-state index in [1.54, 1.807) is 18.2 Å².